The van der Waals surface area contributed by atoms with Crippen LogP contribution in [0.25, 0.3) is 0 Å². The molecular formula is C15H24NO6P. The predicted octanol–water partition coefficient (Wildman–Crippen LogP) is 2.60. The Balaban J connectivity index is 2.14. The van der Waals surface area contributed by atoms with Crippen LogP contribution >= 0.6 is 7.82 Å². The normalized spacial score (nSPS) is 13.5. The number of hydrogen-bond acceptors (Lipinski definition) is 5. The summed E-state index contributed by atoms with van der Waals surface area (Å²) >= 11 is 0. The van der Waals surface area contributed by atoms with Crippen LogP contribution in [0.15, 0.2) is 30.3 Å². The molecule has 1 unspecified atom stereocenters. The molecule has 0 saturated heterocycles. The van der Waals surface area contributed by atoms with Gasteiger partial charge in [0.05, 0.1) is 6.61 Å². The van der Waals surface area contributed by atoms with Gasteiger partial charge in [0.1, 0.15) is 6.61 Å². The molecule has 0 aliphatic carbocycles. The molecule has 23 heavy (non-hydrogen) atoms. The number of carbonyl (C=O) groups excluding carboxylic acids is 1. The van der Waals surface area contributed by atoms with Crippen LogP contribution in [0.1, 0.15) is 31.7 Å². The van der Waals surface area contributed by atoms with Gasteiger partial charge in [-0.15, -0.1) is 0 Å². The van der Waals surface area contributed by atoms with Crippen molar-refractivity contribution in [1.82, 2.24) is 5.48 Å². The molecular weight excluding hydrogens is 321 g/mol. The van der Waals surface area contributed by atoms with Crippen LogP contribution in [0.4, 0.5) is 0 Å². The maximum Gasteiger partial charge on any atom is 0.493 e. The minimum Gasteiger partial charge on any atom is -0.372 e. The molecule has 1 aromatic rings. The van der Waals surface area contributed by atoms with Crippen molar-refractivity contribution in [1.29, 1.82) is 0 Å². The molecule has 0 aliphatic heterocycles. The topological polar surface area (TPSA) is 94.1 Å². The SMILES string of the molecule is CCCCCOCC(=O)NOP(=O)(O)OCCc1ccccc1. The van der Waals surface area contributed by atoms with Crippen molar-refractivity contribution in [2.45, 2.75) is 32.6 Å². The van der Waals surface area contributed by atoms with Crippen molar-refractivity contribution in [2.24, 2.45) is 0 Å². The molecule has 0 aliphatic rings. The number of hydrogen-bond donors (Lipinski definition) is 2. The maximum atomic E-state index is 11.6. The lowest BCUT2D eigenvalue weighted by Gasteiger charge is -2.12. The van der Waals surface area contributed by atoms with Gasteiger partial charge in [-0.05, 0) is 18.4 Å². The Morgan fingerprint density at radius 2 is 1.96 bits per heavy atom. The molecule has 0 fully saturated rings. The van der Waals surface area contributed by atoms with Gasteiger partial charge in [0, 0.05) is 6.61 Å². The molecule has 2 N–H and O–H groups in total. The summed E-state index contributed by atoms with van der Waals surface area (Å²) in [4.78, 5) is 20.8. The van der Waals surface area contributed by atoms with Crippen molar-refractivity contribution < 1.29 is 28.1 Å². The minimum atomic E-state index is -4.32. The molecule has 7 nitrogen and oxygen atoms in total. The first-order valence-corrected chi connectivity index (χ1v) is 9.09. The van der Waals surface area contributed by atoms with E-state index in [1.165, 1.54) is 0 Å². The number of phosphoric acid groups is 1. The molecule has 0 spiro atoms. The van der Waals surface area contributed by atoms with Gasteiger partial charge >= 0.3 is 7.82 Å². The Kier molecular flexibility index (Phi) is 9.75. The van der Waals surface area contributed by atoms with Gasteiger partial charge < -0.3 is 9.63 Å². The highest BCUT2D eigenvalue weighted by Gasteiger charge is 2.22. The number of phosphoric ester groups is 1. The summed E-state index contributed by atoms with van der Waals surface area (Å²) < 4.78 is 25.9. The molecule has 1 rings (SSSR count). The fraction of sp³-hybridized carbons (Fsp3) is 0.533. The van der Waals surface area contributed by atoms with Crippen LogP contribution in [0.2, 0.25) is 0 Å². The average molecular weight is 345 g/mol. The summed E-state index contributed by atoms with van der Waals surface area (Å²) in [6, 6.07) is 9.37. The zero-order chi connectivity index (χ0) is 17.0. The summed E-state index contributed by atoms with van der Waals surface area (Å²) in [6.07, 6.45) is 3.42. The lowest BCUT2D eigenvalue weighted by Crippen LogP contribution is -2.27. The van der Waals surface area contributed by atoms with E-state index in [1.807, 2.05) is 35.8 Å². The molecule has 8 heteroatoms. The Morgan fingerprint density at radius 3 is 2.65 bits per heavy atom. The van der Waals surface area contributed by atoms with Gasteiger partial charge in [-0.3, -0.25) is 9.32 Å². The van der Waals surface area contributed by atoms with E-state index in [1.54, 1.807) is 0 Å². The fourth-order valence-electron chi connectivity index (χ4n) is 1.71. The summed E-state index contributed by atoms with van der Waals surface area (Å²) in [7, 11) is -4.32. The van der Waals surface area contributed by atoms with Crippen molar-refractivity contribution in [3.8, 4) is 0 Å². The zero-order valence-electron chi connectivity index (χ0n) is 13.3. The number of hydroxylamine groups is 1. The van der Waals surface area contributed by atoms with E-state index in [0.29, 0.717) is 13.0 Å². The molecule has 130 valence electrons. The first kappa shape index (κ1) is 19.8. The van der Waals surface area contributed by atoms with E-state index in [0.717, 1.165) is 24.8 Å². The first-order chi connectivity index (χ1) is 11.0. The highest BCUT2D eigenvalue weighted by molar-refractivity contribution is 7.47. The van der Waals surface area contributed by atoms with Crippen LogP contribution in [-0.2, 0) is 29.7 Å². The standard InChI is InChI=1S/C15H24NO6P/c1-2-3-7-11-20-13-15(17)16-22-23(18,19)21-12-10-14-8-5-4-6-9-14/h4-6,8-9H,2-3,7,10-13H2,1H3,(H,16,17)(H,18,19). The van der Waals surface area contributed by atoms with E-state index in [4.69, 9.17) is 9.26 Å². The van der Waals surface area contributed by atoms with Crippen molar-refractivity contribution in [2.75, 3.05) is 19.8 Å². The average Bonchev–Trinajstić information content (AvgIpc) is 2.54. The second kappa shape index (κ2) is 11.3. The van der Waals surface area contributed by atoms with Gasteiger partial charge in [0.15, 0.2) is 0 Å². The largest absolute Gasteiger partial charge is 0.493 e. The van der Waals surface area contributed by atoms with E-state index < -0.39 is 13.7 Å². The summed E-state index contributed by atoms with van der Waals surface area (Å²) in [5.74, 6) is -0.637. The fourth-order valence-corrected chi connectivity index (χ4v) is 2.30. The third-order valence-corrected chi connectivity index (χ3v) is 3.72. The molecule has 1 amide bonds. The minimum absolute atomic E-state index is 0.00117. The Morgan fingerprint density at radius 1 is 1.22 bits per heavy atom. The molecule has 1 atom stereocenters. The van der Waals surface area contributed by atoms with Gasteiger partial charge in [-0.1, -0.05) is 50.1 Å². The first-order valence-electron chi connectivity index (χ1n) is 7.60. The van der Waals surface area contributed by atoms with E-state index in [2.05, 4.69) is 11.5 Å². The maximum absolute atomic E-state index is 11.6. The van der Waals surface area contributed by atoms with E-state index >= 15 is 0 Å². The molecule has 1 aromatic carbocycles. The predicted molar refractivity (Wildman–Crippen MR) is 85.5 cm³/mol. The highest BCUT2D eigenvalue weighted by atomic mass is 31.2. The summed E-state index contributed by atoms with van der Waals surface area (Å²) in [5.41, 5.74) is 2.83. The van der Waals surface area contributed by atoms with Gasteiger partial charge in [-0.25, -0.2) is 10.0 Å². The molecule has 0 saturated carbocycles. The van der Waals surface area contributed by atoms with Crippen molar-refractivity contribution in [3.63, 3.8) is 0 Å². The number of nitrogens with one attached hydrogen (secondary N) is 1. The monoisotopic (exact) mass is 345 g/mol. The summed E-state index contributed by atoms with van der Waals surface area (Å²) in [6.45, 7) is 2.30. The third kappa shape index (κ3) is 10.2. The quantitative estimate of drug-likeness (QED) is 0.344. The lowest BCUT2D eigenvalue weighted by atomic mass is 10.2. The van der Waals surface area contributed by atoms with Crippen LogP contribution < -0.4 is 5.48 Å². The Hall–Kier alpha value is -1.24. The van der Waals surface area contributed by atoms with Crippen molar-refractivity contribution >= 4 is 13.7 Å². The van der Waals surface area contributed by atoms with Crippen molar-refractivity contribution in [3.05, 3.63) is 35.9 Å². The molecule has 0 radical (unpaired) electrons. The Labute approximate surface area is 136 Å². The number of unbranched alkanes of at least 4 members (excludes halogenated alkanes) is 2. The highest BCUT2D eigenvalue weighted by Crippen LogP contribution is 2.41. The van der Waals surface area contributed by atoms with E-state index in [-0.39, 0.29) is 13.2 Å². The Bertz CT molecular complexity index is 496. The number of benzene rings is 1. The van der Waals surface area contributed by atoms with Gasteiger partial charge in [-0.2, -0.15) is 4.62 Å². The summed E-state index contributed by atoms with van der Waals surface area (Å²) in [5, 5.41) is 0. The zero-order valence-corrected chi connectivity index (χ0v) is 14.2. The second-order valence-electron chi connectivity index (χ2n) is 4.91. The molecule has 0 heterocycles. The molecule has 0 aromatic heterocycles. The number of carbonyl (C=O) groups is 1. The van der Waals surface area contributed by atoms with Crippen LogP contribution in [0.3, 0.4) is 0 Å². The number of rotatable bonds is 12. The lowest BCUT2D eigenvalue weighted by molar-refractivity contribution is -0.133. The van der Waals surface area contributed by atoms with Crippen LogP contribution in [-0.4, -0.2) is 30.6 Å². The third-order valence-electron chi connectivity index (χ3n) is 2.89. The second-order valence-corrected chi connectivity index (χ2v) is 6.29. The number of ether oxygens (including phenoxy) is 1. The molecule has 0 bridgehead atoms. The van der Waals surface area contributed by atoms with Crippen LogP contribution in [0.5, 0.6) is 0 Å². The van der Waals surface area contributed by atoms with Gasteiger partial charge in [0.2, 0.25) is 0 Å². The smallest absolute Gasteiger partial charge is 0.372 e. The number of amides is 1. The van der Waals surface area contributed by atoms with E-state index in [9.17, 15) is 14.3 Å². The van der Waals surface area contributed by atoms with Gasteiger partial charge in [0.25, 0.3) is 5.91 Å². The van der Waals surface area contributed by atoms with Crippen LogP contribution in [0, 0.1) is 0 Å².